The van der Waals surface area contributed by atoms with Crippen LogP contribution in [0.1, 0.15) is 24.5 Å². The van der Waals surface area contributed by atoms with Crippen molar-refractivity contribution >= 4 is 27.5 Å². The van der Waals surface area contributed by atoms with Crippen LogP contribution >= 0.6 is 0 Å². The van der Waals surface area contributed by atoms with E-state index in [1.165, 1.54) is 61.6 Å². The van der Waals surface area contributed by atoms with Crippen LogP contribution in [0.25, 0.3) is 0 Å². The van der Waals surface area contributed by atoms with E-state index < -0.39 is 40.2 Å². The Morgan fingerprint density at radius 3 is 2.11 bits per heavy atom. The Balaban J connectivity index is 1.84. The minimum Gasteiger partial charge on any atom is -0.497 e. The molecule has 0 fully saturated rings. The molecule has 11 heteroatoms. The lowest BCUT2D eigenvalue weighted by molar-refractivity contribution is -0.140. The molecule has 0 aromatic heterocycles. The van der Waals surface area contributed by atoms with Gasteiger partial charge in [-0.2, -0.15) is 0 Å². The fourth-order valence-electron chi connectivity index (χ4n) is 4.93. The van der Waals surface area contributed by atoms with Gasteiger partial charge >= 0.3 is 0 Å². The highest BCUT2D eigenvalue weighted by atomic mass is 32.2. The molecule has 0 aliphatic rings. The highest BCUT2D eigenvalue weighted by molar-refractivity contribution is 7.92. The number of hydrogen-bond acceptors (Lipinski definition) is 6. The molecule has 0 bridgehead atoms. The Labute approximate surface area is 269 Å². The first-order valence-corrected chi connectivity index (χ1v) is 16.3. The number of methoxy groups -OCH3 is 2. The number of nitrogens with zero attached hydrogens (tertiary/aromatic N) is 2. The molecule has 2 amide bonds. The van der Waals surface area contributed by atoms with Crippen molar-refractivity contribution in [3.63, 3.8) is 0 Å². The van der Waals surface area contributed by atoms with Crippen molar-refractivity contribution in [2.24, 2.45) is 0 Å². The second kappa shape index (κ2) is 15.9. The SMILES string of the molecule is CCCNC(=O)C(Cc1ccccc1)N(Cc1ccc(F)cc1)C(=O)CN(c1cc(OC)ccc1OC)S(=O)(=O)c1ccccc1. The van der Waals surface area contributed by atoms with Gasteiger partial charge in [-0.05, 0) is 53.9 Å². The van der Waals surface area contributed by atoms with Gasteiger partial charge in [0.1, 0.15) is 29.9 Å². The van der Waals surface area contributed by atoms with Gasteiger partial charge in [-0.3, -0.25) is 13.9 Å². The molecule has 1 atom stereocenters. The van der Waals surface area contributed by atoms with Gasteiger partial charge in [0.2, 0.25) is 11.8 Å². The fourth-order valence-corrected chi connectivity index (χ4v) is 6.37. The number of amides is 2. The molecule has 1 N–H and O–H groups in total. The quantitative estimate of drug-likeness (QED) is 0.190. The van der Waals surface area contributed by atoms with Gasteiger partial charge in [0.15, 0.2) is 0 Å². The number of nitrogens with one attached hydrogen (secondary N) is 1. The van der Waals surface area contributed by atoms with E-state index >= 15 is 0 Å². The summed E-state index contributed by atoms with van der Waals surface area (Å²) in [5, 5.41) is 2.90. The van der Waals surface area contributed by atoms with Gasteiger partial charge < -0.3 is 19.7 Å². The van der Waals surface area contributed by atoms with Crippen LogP contribution in [0.3, 0.4) is 0 Å². The Morgan fingerprint density at radius 1 is 0.848 bits per heavy atom. The summed E-state index contributed by atoms with van der Waals surface area (Å²) < 4.78 is 54.2. The third-order valence-electron chi connectivity index (χ3n) is 7.35. The molecule has 9 nitrogen and oxygen atoms in total. The summed E-state index contributed by atoms with van der Waals surface area (Å²) in [5.74, 6) is -0.951. The molecular formula is C35H38FN3O6S. The second-order valence-corrected chi connectivity index (χ2v) is 12.4. The van der Waals surface area contributed by atoms with Crippen molar-refractivity contribution in [3.05, 3.63) is 120 Å². The molecule has 4 rings (SSSR count). The lowest BCUT2D eigenvalue weighted by Crippen LogP contribution is -2.53. The van der Waals surface area contributed by atoms with E-state index in [4.69, 9.17) is 9.47 Å². The van der Waals surface area contributed by atoms with Gasteiger partial charge in [-0.25, -0.2) is 12.8 Å². The van der Waals surface area contributed by atoms with Crippen LogP contribution in [0.5, 0.6) is 11.5 Å². The Morgan fingerprint density at radius 2 is 1.50 bits per heavy atom. The van der Waals surface area contributed by atoms with Crippen LogP contribution in [0.2, 0.25) is 0 Å². The molecule has 46 heavy (non-hydrogen) atoms. The predicted molar refractivity (Wildman–Crippen MR) is 175 cm³/mol. The molecule has 0 radical (unpaired) electrons. The molecule has 0 aliphatic carbocycles. The average molecular weight is 648 g/mol. The zero-order valence-electron chi connectivity index (χ0n) is 26.1. The van der Waals surface area contributed by atoms with Gasteiger partial charge in [0, 0.05) is 25.6 Å². The van der Waals surface area contributed by atoms with Gasteiger partial charge in [0.05, 0.1) is 24.8 Å². The van der Waals surface area contributed by atoms with Crippen LogP contribution in [0.15, 0.2) is 108 Å². The average Bonchev–Trinajstić information content (AvgIpc) is 3.08. The Hall–Kier alpha value is -4.90. The Kier molecular flexibility index (Phi) is 11.7. The largest absolute Gasteiger partial charge is 0.497 e. The third-order valence-corrected chi connectivity index (χ3v) is 9.13. The van der Waals surface area contributed by atoms with Crippen molar-refractivity contribution in [2.45, 2.75) is 37.2 Å². The molecule has 0 saturated carbocycles. The summed E-state index contributed by atoms with van der Waals surface area (Å²) in [6.45, 7) is 1.55. The minimum atomic E-state index is -4.34. The van der Waals surface area contributed by atoms with Crippen LogP contribution in [0.4, 0.5) is 10.1 Å². The van der Waals surface area contributed by atoms with E-state index in [-0.39, 0.29) is 29.3 Å². The first-order chi connectivity index (χ1) is 22.2. The number of rotatable bonds is 15. The molecule has 0 heterocycles. The van der Waals surface area contributed by atoms with Crippen LogP contribution in [0, 0.1) is 5.82 Å². The summed E-state index contributed by atoms with van der Waals surface area (Å²) in [4.78, 5) is 29.6. The smallest absolute Gasteiger partial charge is 0.264 e. The fraction of sp³-hybridized carbons (Fsp3) is 0.257. The molecule has 1 unspecified atom stereocenters. The lowest BCUT2D eigenvalue weighted by atomic mass is 10.0. The zero-order chi connectivity index (χ0) is 33.1. The topological polar surface area (TPSA) is 105 Å². The number of carbonyl (C=O) groups excluding carboxylic acids is 2. The normalized spacial score (nSPS) is 11.7. The summed E-state index contributed by atoms with van der Waals surface area (Å²) in [6, 6.07) is 26.2. The summed E-state index contributed by atoms with van der Waals surface area (Å²) in [6.07, 6.45) is 0.839. The molecule has 0 spiro atoms. The van der Waals surface area contributed by atoms with E-state index in [1.54, 1.807) is 30.3 Å². The molecule has 4 aromatic rings. The van der Waals surface area contributed by atoms with Gasteiger partial charge in [-0.15, -0.1) is 0 Å². The zero-order valence-corrected chi connectivity index (χ0v) is 26.9. The van der Waals surface area contributed by atoms with E-state index in [9.17, 15) is 22.4 Å². The molecule has 242 valence electrons. The van der Waals surface area contributed by atoms with Crippen molar-refractivity contribution in [1.82, 2.24) is 10.2 Å². The summed E-state index contributed by atoms with van der Waals surface area (Å²) >= 11 is 0. The van der Waals surface area contributed by atoms with Crippen LogP contribution in [-0.2, 0) is 32.6 Å². The second-order valence-electron chi connectivity index (χ2n) is 10.5. The molecule has 0 aliphatic heterocycles. The third kappa shape index (κ3) is 8.42. The first-order valence-electron chi connectivity index (χ1n) is 14.8. The number of halogens is 1. The maximum absolute atomic E-state index is 14.5. The maximum atomic E-state index is 14.5. The summed E-state index contributed by atoms with van der Waals surface area (Å²) in [7, 11) is -1.49. The minimum absolute atomic E-state index is 0.0423. The number of anilines is 1. The van der Waals surface area contributed by atoms with Gasteiger partial charge in [-0.1, -0.05) is 67.6 Å². The number of carbonyl (C=O) groups is 2. The lowest BCUT2D eigenvalue weighted by Gasteiger charge is -2.34. The van der Waals surface area contributed by atoms with Crippen molar-refractivity contribution < 1.29 is 31.9 Å². The van der Waals surface area contributed by atoms with Crippen molar-refractivity contribution in [3.8, 4) is 11.5 Å². The first kappa shape index (κ1) is 34.0. The number of hydrogen-bond donors (Lipinski definition) is 1. The predicted octanol–water partition coefficient (Wildman–Crippen LogP) is 5.20. The van der Waals surface area contributed by atoms with E-state index in [2.05, 4.69) is 5.32 Å². The van der Waals surface area contributed by atoms with Crippen LogP contribution in [-0.4, -0.2) is 58.5 Å². The highest BCUT2D eigenvalue weighted by Crippen LogP contribution is 2.36. The highest BCUT2D eigenvalue weighted by Gasteiger charge is 2.35. The number of ether oxygens (including phenoxy) is 2. The van der Waals surface area contributed by atoms with Gasteiger partial charge in [0.25, 0.3) is 10.0 Å². The monoisotopic (exact) mass is 647 g/mol. The van der Waals surface area contributed by atoms with E-state index in [0.717, 1.165) is 9.87 Å². The molecular weight excluding hydrogens is 609 g/mol. The summed E-state index contributed by atoms with van der Waals surface area (Å²) in [5.41, 5.74) is 1.45. The Bertz CT molecular complexity index is 1700. The maximum Gasteiger partial charge on any atom is 0.264 e. The standard InChI is InChI=1S/C35H38FN3O6S/c1-4-21-37-35(41)32(22-26-11-7-5-8-12-26)38(24-27-15-17-28(36)18-16-27)34(40)25-39(46(42,43)30-13-9-6-10-14-30)31-23-29(44-2)19-20-33(31)45-3/h5-20,23,32H,4,21-22,24-25H2,1-3H3,(H,37,41). The van der Waals surface area contributed by atoms with Crippen molar-refractivity contribution in [1.29, 1.82) is 0 Å². The number of benzene rings is 4. The molecule has 4 aromatic carbocycles. The van der Waals surface area contributed by atoms with E-state index in [0.29, 0.717) is 24.3 Å². The van der Waals surface area contributed by atoms with E-state index in [1.807, 2.05) is 37.3 Å². The molecule has 0 saturated heterocycles. The van der Waals surface area contributed by atoms with Crippen LogP contribution < -0.4 is 19.1 Å². The number of sulfonamides is 1. The van der Waals surface area contributed by atoms with Crippen molar-refractivity contribution in [2.75, 3.05) is 31.6 Å².